The predicted molar refractivity (Wildman–Crippen MR) is 36.6 cm³/mol. The summed E-state index contributed by atoms with van der Waals surface area (Å²) < 4.78 is 4.80. The molecule has 0 saturated heterocycles. The average molecular weight is 132 g/mol. The third-order valence-corrected chi connectivity index (χ3v) is 1.23. The number of hydrogen-bond acceptors (Lipinski definition) is 2. The van der Waals surface area contributed by atoms with Crippen molar-refractivity contribution in [2.45, 2.75) is 19.1 Å². The maximum atomic E-state index is 8.97. The zero-order chi connectivity index (χ0) is 7.28. The quantitative estimate of drug-likeness (QED) is 0.601. The molecule has 0 aliphatic rings. The Bertz CT molecular complexity index is 66.1. The van der Waals surface area contributed by atoms with Crippen molar-refractivity contribution in [1.29, 1.82) is 0 Å². The van der Waals surface area contributed by atoms with Gasteiger partial charge in [0, 0.05) is 19.8 Å². The van der Waals surface area contributed by atoms with E-state index in [0.29, 0.717) is 6.61 Å². The molecule has 3 nitrogen and oxygen atoms in total. The minimum absolute atomic E-state index is 0.0741. The molecule has 0 heterocycles. The van der Waals surface area contributed by atoms with Crippen LogP contribution in [0, 0.1) is 0 Å². The molecule has 0 aromatic carbocycles. The van der Waals surface area contributed by atoms with Crippen molar-refractivity contribution in [3.63, 3.8) is 0 Å². The van der Waals surface area contributed by atoms with Crippen molar-refractivity contribution in [2.24, 2.45) is 0 Å². The Hall–Kier alpha value is -0.120. The lowest BCUT2D eigenvalue weighted by molar-refractivity contribution is 0.110. The Morgan fingerprint density at radius 2 is 2.22 bits per heavy atom. The Kier molecular flexibility index (Phi) is 4.67. The molecule has 0 aromatic heterocycles. The SMILES string of the molecule is C[N-]C(COC)C(C)O. The van der Waals surface area contributed by atoms with E-state index in [-0.39, 0.29) is 6.04 Å². The molecule has 0 radical (unpaired) electrons. The second-order valence-corrected chi connectivity index (χ2v) is 2.02. The van der Waals surface area contributed by atoms with Gasteiger partial charge in [0.25, 0.3) is 0 Å². The number of hydrogen-bond donors (Lipinski definition) is 1. The number of ether oxygens (including phenoxy) is 1. The zero-order valence-corrected chi connectivity index (χ0v) is 6.16. The van der Waals surface area contributed by atoms with E-state index in [4.69, 9.17) is 9.84 Å². The number of nitrogens with zero attached hydrogens (tertiary/aromatic N) is 1. The van der Waals surface area contributed by atoms with Crippen LogP contribution in [-0.4, -0.2) is 38.0 Å². The van der Waals surface area contributed by atoms with Gasteiger partial charge in [-0.2, -0.15) is 7.05 Å². The molecule has 0 aromatic rings. The number of methoxy groups -OCH3 is 1. The molecule has 0 fully saturated rings. The molecule has 0 rings (SSSR count). The summed E-state index contributed by atoms with van der Waals surface area (Å²) in [4.78, 5) is 0. The highest BCUT2D eigenvalue weighted by atomic mass is 16.5. The van der Waals surface area contributed by atoms with E-state index in [1.54, 1.807) is 21.1 Å². The standard InChI is InChI=1S/C6H14NO2/c1-5(8)6(7-2)4-9-3/h5-6,8H,4H2,1-3H3/q-1. The molecular formula is C6H14NO2-. The third kappa shape index (κ3) is 3.46. The molecule has 0 aliphatic heterocycles. The first kappa shape index (κ1) is 8.88. The highest BCUT2D eigenvalue weighted by molar-refractivity contribution is 4.89. The summed E-state index contributed by atoms with van der Waals surface area (Å²) in [6.45, 7) is 2.20. The van der Waals surface area contributed by atoms with Crippen LogP contribution >= 0.6 is 0 Å². The summed E-state index contributed by atoms with van der Waals surface area (Å²) in [5.41, 5.74) is 0. The van der Waals surface area contributed by atoms with Crippen LogP contribution in [-0.2, 0) is 4.74 Å². The number of aliphatic hydroxyl groups excluding tert-OH is 1. The Balaban J connectivity index is 3.41. The highest BCUT2D eigenvalue weighted by Crippen LogP contribution is 2.01. The summed E-state index contributed by atoms with van der Waals surface area (Å²) in [5, 5.41) is 12.9. The Morgan fingerprint density at radius 3 is 2.33 bits per heavy atom. The van der Waals surface area contributed by atoms with Gasteiger partial charge in [0.05, 0.1) is 0 Å². The molecular weight excluding hydrogens is 118 g/mol. The van der Waals surface area contributed by atoms with Crippen molar-refractivity contribution in [2.75, 3.05) is 20.8 Å². The predicted octanol–water partition coefficient (Wildman–Crippen LogP) is 0.386. The fourth-order valence-electron chi connectivity index (χ4n) is 0.600. The molecule has 1 N–H and O–H groups in total. The minimum Gasteiger partial charge on any atom is -0.658 e. The summed E-state index contributed by atoms with van der Waals surface area (Å²) in [7, 11) is 3.27. The van der Waals surface area contributed by atoms with Crippen molar-refractivity contribution in [1.82, 2.24) is 0 Å². The second kappa shape index (κ2) is 4.73. The van der Waals surface area contributed by atoms with E-state index >= 15 is 0 Å². The number of likely N-dealkylation sites (N-methyl/N-ethyl adjacent to an activating group) is 1. The van der Waals surface area contributed by atoms with E-state index < -0.39 is 6.10 Å². The number of rotatable bonds is 4. The lowest BCUT2D eigenvalue weighted by Gasteiger charge is -2.29. The largest absolute Gasteiger partial charge is 0.658 e. The third-order valence-electron chi connectivity index (χ3n) is 1.23. The second-order valence-electron chi connectivity index (χ2n) is 2.02. The maximum absolute atomic E-state index is 8.97. The van der Waals surface area contributed by atoms with Crippen LogP contribution < -0.4 is 0 Å². The fraction of sp³-hybridized carbons (Fsp3) is 1.00. The summed E-state index contributed by atoms with van der Waals surface area (Å²) in [6, 6.07) is -0.0741. The van der Waals surface area contributed by atoms with Crippen molar-refractivity contribution >= 4 is 0 Å². The average Bonchev–Trinajstić information content (AvgIpc) is 1.82. The van der Waals surface area contributed by atoms with Gasteiger partial charge in [-0.1, -0.05) is 6.04 Å². The molecule has 0 bridgehead atoms. The van der Waals surface area contributed by atoms with E-state index in [2.05, 4.69) is 5.32 Å². The van der Waals surface area contributed by atoms with Crippen molar-refractivity contribution in [3.8, 4) is 0 Å². The van der Waals surface area contributed by atoms with Gasteiger partial charge in [-0.15, -0.1) is 0 Å². The maximum Gasteiger partial charge on any atom is 0.0374 e. The van der Waals surface area contributed by atoms with Gasteiger partial charge in [0.1, 0.15) is 0 Å². The van der Waals surface area contributed by atoms with E-state index in [1.807, 2.05) is 0 Å². The lowest BCUT2D eigenvalue weighted by Crippen LogP contribution is -2.26. The molecule has 0 saturated carbocycles. The van der Waals surface area contributed by atoms with Crippen LogP contribution in [0.25, 0.3) is 5.32 Å². The van der Waals surface area contributed by atoms with Crippen LogP contribution in [0.2, 0.25) is 0 Å². The molecule has 0 spiro atoms. The van der Waals surface area contributed by atoms with Gasteiger partial charge in [-0.05, 0) is 6.92 Å². The van der Waals surface area contributed by atoms with Crippen LogP contribution in [0.1, 0.15) is 6.92 Å². The first-order chi connectivity index (χ1) is 4.22. The van der Waals surface area contributed by atoms with Crippen LogP contribution in [0.5, 0.6) is 0 Å². The lowest BCUT2D eigenvalue weighted by atomic mass is 10.2. The summed E-state index contributed by atoms with van der Waals surface area (Å²) in [5.74, 6) is 0. The topological polar surface area (TPSA) is 43.6 Å². The molecule has 9 heavy (non-hydrogen) atoms. The summed E-state index contributed by atoms with van der Waals surface area (Å²) in [6.07, 6.45) is -0.407. The molecule has 3 heteroatoms. The molecule has 2 unspecified atom stereocenters. The molecule has 0 amide bonds. The first-order valence-corrected chi connectivity index (χ1v) is 2.98. The van der Waals surface area contributed by atoms with E-state index in [1.165, 1.54) is 0 Å². The summed E-state index contributed by atoms with van der Waals surface area (Å²) >= 11 is 0. The minimum atomic E-state index is -0.407. The van der Waals surface area contributed by atoms with Crippen LogP contribution in [0.3, 0.4) is 0 Å². The van der Waals surface area contributed by atoms with Gasteiger partial charge in [-0.25, -0.2) is 0 Å². The highest BCUT2D eigenvalue weighted by Gasteiger charge is 2.01. The molecule has 0 aliphatic carbocycles. The first-order valence-electron chi connectivity index (χ1n) is 2.98. The van der Waals surface area contributed by atoms with Gasteiger partial charge in [0.2, 0.25) is 0 Å². The van der Waals surface area contributed by atoms with E-state index in [0.717, 1.165) is 0 Å². The van der Waals surface area contributed by atoms with E-state index in [9.17, 15) is 0 Å². The molecule has 2 atom stereocenters. The zero-order valence-electron chi connectivity index (χ0n) is 6.16. The Labute approximate surface area is 56.0 Å². The molecule has 56 valence electrons. The van der Waals surface area contributed by atoms with Gasteiger partial charge >= 0.3 is 0 Å². The van der Waals surface area contributed by atoms with Crippen LogP contribution in [0.15, 0.2) is 0 Å². The Morgan fingerprint density at radius 1 is 1.67 bits per heavy atom. The van der Waals surface area contributed by atoms with Gasteiger partial charge in [-0.3, -0.25) is 0 Å². The fourth-order valence-corrected chi connectivity index (χ4v) is 0.600. The smallest absolute Gasteiger partial charge is 0.0374 e. The van der Waals surface area contributed by atoms with Crippen molar-refractivity contribution in [3.05, 3.63) is 5.32 Å². The van der Waals surface area contributed by atoms with Gasteiger partial charge in [0.15, 0.2) is 0 Å². The van der Waals surface area contributed by atoms with Gasteiger partial charge < -0.3 is 15.2 Å². The monoisotopic (exact) mass is 132 g/mol. The van der Waals surface area contributed by atoms with Crippen molar-refractivity contribution < 1.29 is 9.84 Å². The van der Waals surface area contributed by atoms with Crippen LogP contribution in [0.4, 0.5) is 0 Å². The normalized spacial score (nSPS) is 17.3. The number of aliphatic hydroxyl groups is 1.